The topological polar surface area (TPSA) is 210 Å². The fraction of sp³-hybridized carbons (Fsp3) is 0.917. The van der Waals surface area contributed by atoms with Crippen LogP contribution in [0.4, 0.5) is 0 Å². The van der Waals surface area contributed by atoms with Crippen LogP contribution in [0.25, 0.3) is 0 Å². The number of esters is 2. The average molecular weight is 907 g/mol. The van der Waals surface area contributed by atoms with Gasteiger partial charge in [-0.05, 0) is 32.1 Å². The minimum absolute atomic E-state index is 0.0900. The number of aliphatic hydroxyl groups excluding tert-OH is 5. The first-order chi connectivity index (χ1) is 29.9. The maximum atomic E-state index is 12.8. The predicted molar refractivity (Wildman–Crippen MR) is 244 cm³/mol. The van der Waals surface area contributed by atoms with Crippen molar-refractivity contribution in [1.29, 1.82) is 0 Å². The molecule has 1 fully saturated rings. The summed E-state index contributed by atoms with van der Waals surface area (Å²) in [7, 11) is -5.11. The minimum atomic E-state index is -5.11. The van der Waals surface area contributed by atoms with Crippen LogP contribution in [0.5, 0.6) is 0 Å². The summed E-state index contributed by atoms with van der Waals surface area (Å²) in [4.78, 5) is 35.7. The number of hydrogen-bond donors (Lipinski definition) is 6. The van der Waals surface area contributed by atoms with Crippen LogP contribution in [0.2, 0.25) is 0 Å². The van der Waals surface area contributed by atoms with E-state index in [1.54, 1.807) is 0 Å². The van der Waals surface area contributed by atoms with Crippen molar-refractivity contribution in [1.82, 2.24) is 0 Å². The van der Waals surface area contributed by atoms with Crippen molar-refractivity contribution >= 4 is 19.8 Å². The van der Waals surface area contributed by atoms with E-state index in [0.717, 1.165) is 57.8 Å². The Kier molecular flexibility index (Phi) is 36.7. The fourth-order valence-corrected chi connectivity index (χ4v) is 8.77. The molecule has 0 aliphatic heterocycles. The Hall–Kier alpha value is -1.41. The fourth-order valence-electron chi connectivity index (χ4n) is 7.80. The van der Waals surface area contributed by atoms with Crippen LogP contribution in [0.1, 0.15) is 226 Å². The molecule has 1 rings (SSSR count). The van der Waals surface area contributed by atoms with E-state index in [9.17, 15) is 44.6 Å². The van der Waals surface area contributed by atoms with Crippen molar-refractivity contribution in [3.63, 3.8) is 0 Å². The van der Waals surface area contributed by atoms with Gasteiger partial charge in [0.1, 0.15) is 43.2 Å². The molecule has 0 saturated heterocycles. The lowest BCUT2D eigenvalue weighted by Gasteiger charge is -2.41. The van der Waals surface area contributed by atoms with E-state index in [-0.39, 0.29) is 12.8 Å². The van der Waals surface area contributed by atoms with E-state index in [4.69, 9.17) is 18.5 Å². The molecule has 1 saturated carbocycles. The predicted octanol–water partition coefficient (Wildman–Crippen LogP) is 10.2. The van der Waals surface area contributed by atoms with E-state index in [0.29, 0.717) is 12.8 Å². The first kappa shape index (κ1) is 58.6. The number of carbonyl (C=O) groups excluding carboxylic acids is 2. The summed E-state index contributed by atoms with van der Waals surface area (Å²) in [6.07, 6.45) is 28.5. The molecule has 8 atom stereocenters. The van der Waals surface area contributed by atoms with Crippen molar-refractivity contribution in [2.24, 2.45) is 0 Å². The van der Waals surface area contributed by atoms with Crippen LogP contribution in [0.15, 0.2) is 12.2 Å². The SMILES string of the molecule is CCCC/C=C/CCCCCCCC(=O)O[C@H](COC(=O)CCCCCCCCCCCCCCCCCCCCCCCC)COP(=O)(O)OC1C(O)C(O)C(O)[C@@H](O)C1O. The lowest BCUT2D eigenvalue weighted by molar-refractivity contribution is -0.220. The molecule has 62 heavy (non-hydrogen) atoms. The molecular formula is C48H91O13P. The number of ether oxygens (including phenoxy) is 2. The molecule has 0 aromatic rings. The standard InChI is InChI=1S/C48H91O13P/c1-3-5-7-9-11-13-15-16-17-18-19-20-21-22-23-24-25-27-28-30-32-34-36-41(49)58-38-40(60-42(50)37-35-33-31-29-26-14-12-10-8-6-4-2)39-59-62(56,57)61-48-46(54)44(52)43(51)45(53)47(48)55/h10,12,40,43-48,51-55H,3-9,11,13-39H2,1-2H3,(H,56,57)/b12-10+/t40-,43?,44-,45?,46?,47?,48?/m1/s1. The van der Waals surface area contributed by atoms with E-state index in [1.165, 1.54) is 128 Å². The summed E-state index contributed by atoms with van der Waals surface area (Å²) in [5.41, 5.74) is 0. The summed E-state index contributed by atoms with van der Waals surface area (Å²) < 4.78 is 33.5. The van der Waals surface area contributed by atoms with Crippen LogP contribution in [-0.4, -0.2) is 98.3 Å². The Bertz CT molecular complexity index is 1140. The lowest BCUT2D eigenvalue weighted by atomic mass is 9.85. The molecule has 0 bridgehead atoms. The Balaban J connectivity index is 2.33. The second-order valence-corrected chi connectivity index (χ2v) is 19.1. The molecule has 0 spiro atoms. The molecule has 0 heterocycles. The zero-order valence-electron chi connectivity index (χ0n) is 38.9. The number of carbonyl (C=O) groups is 2. The highest BCUT2D eigenvalue weighted by molar-refractivity contribution is 7.47. The van der Waals surface area contributed by atoms with Crippen LogP contribution < -0.4 is 0 Å². The maximum absolute atomic E-state index is 12.8. The third-order valence-electron chi connectivity index (χ3n) is 11.9. The van der Waals surface area contributed by atoms with Gasteiger partial charge >= 0.3 is 19.8 Å². The first-order valence-electron chi connectivity index (χ1n) is 25.0. The average Bonchev–Trinajstić information content (AvgIpc) is 3.25. The van der Waals surface area contributed by atoms with Gasteiger partial charge < -0.3 is 39.9 Å². The molecule has 1 aliphatic rings. The lowest BCUT2D eigenvalue weighted by Crippen LogP contribution is -2.64. The van der Waals surface area contributed by atoms with Gasteiger partial charge in [0.05, 0.1) is 6.61 Å². The van der Waals surface area contributed by atoms with Gasteiger partial charge in [-0.3, -0.25) is 18.6 Å². The highest BCUT2D eigenvalue weighted by Gasteiger charge is 2.51. The van der Waals surface area contributed by atoms with Gasteiger partial charge in [0, 0.05) is 12.8 Å². The smallest absolute Gasteiger partial charge is 0.462 e. The number of aliphatic hydroxyl groups is 5. The monoisotopic (exact) mass is 907 g/mol. The third-order valence-corrected chi connectivity index (χ3v) is 12.8. The summed E-state index contributed by atoms with van der Waals surface area (Å²) >= 11 is 0. The number of rotatable bonds is 42. The van der Waals surface area contributed by atoms with Gasteiger partial charge in [0.2, 0.25) is 0 Å². The second kappa shape index (κ2) is 38.8. The highest BCUT2D eigenvalue weighted by Crippen LogP contribution is 2.47. The van der Waals surface area contributed by atoms with Gasteiger partial charge in [-0.2, -0.15) is 0 Å². The van der Waals surface area contributed by atoms with Gasteiger partial charge in [-0.1, -0.05) is 193 Å². The summed E-state index contributed by atoms with van der Waals surface area (Å²) in [6.45, 7) is 3.27. The molecule has 0 aromatic carbocycles. The summed E-state index contributed by atoms with van der Waals surface area (Å²) in [6, 6.07) is 0. The van der Waals surface area contributed by atoms with Crippen LogP contribution in [0, 0.1) is 0 Å². The molecule has 13 nitrogen and oxygen atoms in total. The summed E-state index contributed by atoms with van der Waals surface area (Å²) in [5, 5.41) is 50.1. The van der Waals surface area contributed by atoms with Crippen LogP contribution in [0.3, 0.4) is 0 Å². The van der Waals surface area contributed by atoms with Crippen LogP contribution in [-0.2, 0) is 32.7 Å². The van der Waals surface area contributed by atoms with Gasteiger partial charge in [-0.25, -0.2) is 4.57 Å². The largest absolute Gasteiger partial charge is 0.472 e. The molecule has 6 N–H and O–H groups in total. The van der Waals surface area contributed by atoms with Crippen LogP contribution >= 0.6 is 7.82 Å². The Labute approximate surface area is 375 Å². The number of allylic oxidation sites excluding steroid dienone is 2. The Morgan fingerprint density at radius 1 is 0.484 bits per heavy atom. The van der Waals surface area contributed by atoms with Crippen molar-refractivity contribution in [3.8, 4) is 0 Å². The van der Waals surface area contributed by atoms with E-state index in [1.807, 2.05) is 0 Å². The zero-order chi connectivity index (χ0) is 45.7. The molecule has 0 aromatic heterocycles. The number of phosphoric ester groups is 1. The molecule has 6 unspecified atom stereocenters. The minimum Gasteiger partial charge on any atom is -0.462 e. The number of unbranched alkanes of at least 4 members (excludes halogenated alkanes) is 28. The highest BCUT2D eigenvalue weighted by atomic mass is 31.2. The quantitative estimate of drug-likeness (QED) is 0.0146. The Morgan fingerprint density at radius 2 is 0.839 bits per heavy atom. The first-order valence-corrected chi connectivity index (χ1v) is 26.5. The van der Waals surface area contributed by atoms with Crippen molar-refractivity contribution in [2.75, 3.05) is 13.2 Å². The van der Waals surface area contributed by atoms with Crippen molar-refractivity contribution < 1.29 is 63.1 Å². The Morgan fingerprint density at radius 3 is 1.27 bits per heavy atom. The van der Waals surface area contributed by atoms with E-state index < -0.39 is 75.7 Å². The second-order valence-electron chi connectivity index (χ2n) is 17.7. The molecule has 0 amide bonds. The summed E-state index contributed by atoms with van der Waals surface area (Å²) in [5.74, 6) is -1.10. The molecular weight excluding hydrogens is 815 g/mol. The molecule has 0 radical (unpaired) electrons. The van der Waals surface area contributed by atoms with Crippen molar-refractivity contribution in [2.45, 2.75) is 268 Å². The van der Waals surface area contributed by atoms with Gasteiger partial charge in [0.25, 0.3) is 0 Å². The third kappa shape index (κ3) is 30.7. The molecule has 366 valence electrons. The van der Waals surface area contributed by atoms with Crippen molar-refractivity contribution in [3.05, 3.63) is 12.2 Å². The normalized spacial score (nSPS) is 21.9. The van der Waals surface area contributed by atoms with Gasteiger partial charge in [-0.15, -0.1) is 0 Å². The molecule has 14 heteroatoms. The zero-order valence-corrected chi connectivity index (χ0v) is 39.8. The van der Waals surface area contributed by atoms with Gasteiger partial charge in [0.15, 0.2) is 6.10 Å². The van der Waals surface area contributed by atoms with E-state index >= 15 is 0 Å². The number of hydrogen-bond acceptors (Lipinski definition) is 12. The number of phosphoric acid groups is 1. The molecule has 1 aliphatic carbocycles. The maximum Gasteiger partial charge on any atom is 0.472 e. The van der Waals surface area contributed by atoms with E-state index in [2.05, 4.69) is 26.0 Å².